The summed E-state index contributed by atoms with van der Waals surface area (Å²) >= 11 is 0. The molecule has 0 N–H and O–H groups in total. The van der Waals surface area contributed by atoms with Crippen LogP contribution < -0.4 is 0 Å². The fraction of sp³-hybridized carbons (Fsp3) is 0.348. The Morgan fingerprint density at radius 2 is 1.71 bits per heavy atom. The number of carbonyl (C=O) groups excluding carboxylic acids is 3. The largest absolute Gasteiger partial charge is 0.452 e. The van der Waals surface area contributed by atoms with Crippen molar-refractivity contribution in [3.63, 3.8) is 0 Å². The first kappa shape index (κ1) is 19.8. The first-order valence-corrected chi connectivity index (χ1v) is 9.61. The van der Waals surface area contributed by atoms with E-state index in [1.54, 1.807) is 41.3 Å². The van der Waals surface area contributed by atoms with Gasteiger partial charge in [0.2, 0.25) is 0 Å². The lowest BCUT2D eigenvalue weighted by molar-refractivity contribution is -0.136. The van der Waals surface area contributed by atoms with Gasteiger partial charge in [-0.05, 0) is 31.7 Å². The van der Waals surface area contributed by atoms with Crippen molar-refractivity contribution < 1.29 is 19.1 Å². The molecule has 1 aliphatic rings. The molecule has 1 atom stereocenters. The molecule has 0 saturated carbocycles. The van der Waals surface area contributed by atoms with Crippen LogP contribution in [0.4, 0.5) is 0 Å². The second-order valence-electron chi connectivity index (χ2n) is 7.40. The zero-order valence-corrected chi connectivity index (χ0v) is 16.3. The Kier molecular flexibility index (Phi) is 6.24. The number of hydrogen-bond acceptors (Lipinski definition) is 4. The maximum absolute atomic E-state index is 12.8. The highest BCUT2D eigenvalue weighted by Gasteiger charge is 2.23. The Labute approximate surface area is 165 Å². The summed E-state index contributed by atoms with van der Waals surface area (Å²) in [5, 5.41) is 0. The summed E-state index contributed by atoms with van der Waals surface area (Å²) in [5.41, 5.74) is 2.00. The lowest BCUT2D eigenvalue weighted by Crippen LogP contribution is -2.41. The van der Waals surface area contributed by atoms with Crippen LogP contribution in [-0.2, 0) is 9.53 Å². The van der Waals surface area contributed by atoms with E-state index in [9.17, 15) is 14.4 Å². The molecule has 5 heteroatoms. The standard InChI is InChI=1S/C23H25NO4/c1-16-9-11-18(12-10-16)22(26)19-7-3-4-8-20(19)23(27)28-15-21(25)24-13-5-6-17(2)14-24/h3-4,7-12,17H,5-6,13-15H2,1-2H3/t17-/m1/s1. The van der Waals surface area contributed by atoms with Gasteiger partial charge in [0, 0.05) is 24.2 Å². The van der Waals surface area contributed by atoms with Gasteiger partial charge in [0.15, 0.2) is 12.4 Å². The van der Waals surface area contributed by atoms with Gasteiger partial charge >= 0.3 is 5.97 Å². The topological polar surface area (TPSA) is 63.7 Å². The van der Waals surface area contributed by atoms with Crippen LogP contribution in [0, 0.1) is 12.8 Å². The third-order valence-corrected chi connectivity index (χ3v) is 5.04. The van der Waals surface area contributed by atoms with E-state index < -0.39 is 5.97 Å². The molecule has 146 valence electrons. The molecule has 2 aromatic carbocycles. The Morgan fingerprint density at radius 3 is 2.39 bits per heavy atom. The van der Waals surface area contributed by atoms with Gasteiger partial charge in [-0.2, -0.15) is 0 Å². The molecule has 0 radical (unpaired) electrons. The van der Waals surface area contributed by atoms with Crippen LogP contribution in [-0.4, -0.2) is 42.3 Å². The number of hydrogen-bond donors (Lipinski definition) is 0. The van der Waals surface area contributed by atoms with Crippen LogP contribution in [0.3, 0.4) is 0 Å². The maximum atomic E-state index is 12.8. The molecular weight excluding hydrogens is 354 g/mol. The van der Waals surface area contributed by atoms with Crippen molar-refractivity contribution in [2.24, 2.45) is 5.92 Å². The molecule has 0 aromatic heterocycles. The van der Waals surface area contributed by atoms with E-state index in [-0.39, 0.29) is 29.4 Å². The number of ketones is 1. The zero-order chi connectivity index (χ0) is 20.1. The number of aryl methyl sites for hydroxylation is 1. The number of carbonyl (C=O) groups is 3. The van der Waals surface area contributed by atoms with Crippen LogP contribution in [0.15, 0.2) is 48.5 Å². The quantitative estimate of drug-likeness (QED) is 0.588. The lowest BCUT2D eigenvalue weighted by atomic mass is 9.98. The minimum atomic E-state index is -0.658. The van der Waals surface area contributed by atoms with E-state index >= 15 is 0 Å². The normalized spacial score (nSPS) is 16.5. The molecule has 0 unspecified atom stereocenters. The zero-order valence-electron chi connectivity index (χ0n) is 16.3. The average Bonchev–Trinajstić information content (AvgIpc) is 2.71. The first-order chi connectivity index (χ1) is 13.5. The summed E-state index contributed by atoms with van der Waals surface area (Å²) in [4.78, 5) is 39.5. The van der Waals surface area contributed by atoms with Crippen molar-refractivity contribution in [3.05, 3.63) is 70.8 Å². The third-order valence-electron chi connectivity index (χ3n) is 5.04. The van der Waals surface area contributed by atoms with Gasteiger partial charge in [-0.1, -0.05) is 55.0 Å². The van der Waals surface area contributed by atoms with Gasteiger partial charge in [-0.15, -0.1) is 0 Å². The Balaban J connectivity index is 1.69. The van der Waals surface area contributed by atoms with Crippen molar-refractivity contribution in [2.75, 3.05) is 19.7 Å². The SMILES string of the molecule is Cc1ccc(C(=O)c2ccccc2C(=O)OCC(=O)N2CCC[C@@H](C)C2)cc1. The van der Waals surface area contributed by atoms with Crippen LogP contribution in [0.25, 0.3) is 0 Å². The molecule has 1 amide bonds. The summed E-state index contributed by atoms with van der Waals surface area (Å²) in [6.07, 6.45) is 2.08. The fourth-order valence-corrected chi connectivity index (χ4v) is 3.43. The first-order valence-electron chi connectivity index (χ1n) is 9.61. The number of amides is 1. The summed E-state index contributed by atoms with van der Waals surface area (Å²) in [5.74, 6) is -0.637. The van der Waals surface area contributed by atoms with Gasteiger partial charge < -0.3 is 9.64 Å². The molecule has 0 spiro atoms. The van der Waals surface area contributed by atoms with E-state index in [4.69, 9.17) is 4.74 Å². The molecule has 1 fully saturated rings. The minimum Gasteiger partial charge on any atom is -0.452 e. The Bertz CT molecular complexity index is 872. The smallest absolute Gasteiger partial charge is 0.339 e. The Hall–Kier alpha value is -2.95. The number of likely N-dealkylation sites (tertiary alicyclic amines) is 1. The number of benzene rings is 2. The molecule has 5 nitrogen and oxygen atoms in total. The van der Waals surface area contributed by atoms with Crippen LogP contribution in [0.1, 0.15) is 51.6 Å². The van der Waals surface area contributed by atoms with Gasteiger partial charge in [-0.3, -0.25) is 9.59 Å². The fourth-order valence-electron chi connectivity index (χ4n) is 3.43. The van der Waals surface area contributed by atoms with Gasteiger partial charge in [0.25, 0.3) is 5.91 Å². The summed E-state index contributed by atoms with van der Waals surface area (Å²) in [6.45, 7) is 5.14. The van der Waals surface area contributed by atoms with Crippen LogP contribution >= 0.6 is 0 Å². The van der Waals surface area contributed by atoms with Crippen molar-refractivity contribution in [1.29, 1.82) is 0 Å². The highest BCUT2D eigenvalue weighted by molar-refractivity contribution is 6.14. The molecular formula is C23H25NO4. The van der Waals surface area contributed by atoms with E-state index in [0.29, 0.717) is 24.6 Å². The summed E-state index contributed by atoms with van der Waals surface area (Å²) < 4.78 is 5.24. The molecule has 3 rings (SSSR count). The van der Waals surface area contributed by atoms with Crippen molar-refractivity contribution in [2.45, 2.75) is 26.7 Å². The number of nitrogens with zero attached hydrogens (tertiary/aromatic N) is 1. The Morgan fingerprint density at radius 1 is 1.04 bits per heavy atom. The number of ether oxygens (including phenoxy) is 1. The molecule has 0 aliphatic carbocycles. The third kappa shape index (κ3) is 4.66. The van der Waals surface area contributed by atoms with Crippen LogP contribution in [0.5, 0.6) is 0 Å². The molecule has 0 bridgehead atoms. The van der Waals surface area contributed by atoms with Crippen molar-refractivity contribution >= 4 is 17.7 Å². The molecule has 1 heterocycles. The minimum absolute atomic E-state index is 0.174. The monoisotopic (exact) mass is 379 g/mol. The van der Waals surface area contributed by atoms with Crippen LogP contribution in [0.2, 0.25) is 0 Å². The predicted molar refractivity (Wildman–Crippen MR) is 106 cm³/mol. The average molecular weight is 379 g/mol. The van der Waals surface area contributed by atoms with E-state index in [1.807, 2.05) is 19.1 Å². The number of piperidine rings is 1. The van der Waals surface area contributed by atoms with Crippen molar-refractivity contribution in [3.8, 4) is 0 Å². The van der Waals surface area contributed by atoms with E-state index in [0.717, 1.165) is 18.4 Å². The van der Waals surface area contributed by atoms with E-state index in [2.05, 4.69) is 6.92 Å². The highest BCUT2D eigenvalue weighted by atomic mass is 16.5. The van der Waals surface area contributed by atoms with Crippen molar-refractivity contribution in [1.82, 2.24) is 4.90 Å². The lowest BCUT2D eigenvalue weighted by Gasteiger charge is -2.30. The van der Waals surface area contributed by atoms with Gasteiger partial charge in [0.1, 0.15) is 0 Å². The molecule has 1 aliphatic heterocycles. The van der Waals surface area contributed by atoms with Gasteiger partial charge in [-0.25, -0.2) is 4.79 Å². The molecule has 1 saturated heterocycles. The maximum Gasteiger partial charge on any atom is 0.339 e. The number of rotatable bonds is 5. The molecule has 2 aromatic rings. The second-order valence-corrected chi connectivity index (χ2v) is 7.40. The van der Waals surface area contributed by atoms with Gasteiger partial charge in [0.05, 0.1) is 5.56 Å². The van der Waals surface area contributed by atoms with E-state index in [1.165, 1.54) is 0 Å². The highest BCUT2D eigenvalue weighted by Crippen LogP contribution is 2.18. The molecule has 28 heavy (non-hydrogen) atoms. The second kappa shape index (κ2) is 8.83. The summed E-state index contributed by atoms with van der Waals surface area (Å²) in [7, 11) is 0. The predicted octanol–water partition coefficient (Wildman–Crippen LogP) is 3.64. The number of esters is 1. The summed E-state index contributed by atoms with van der Waals surface area (Å²) in [6, 6.07) is 13.7.